The lowest BCUT2D eigenvalue weighted by Crippen LogP contribution is -2.38. The maximum Gasteiger partial charge on any atom is 0.149 e. The first-order valence-electron chi connectivity index (χ1n) is 10.5. The highest BCUT2D eigenvalue weighted by atomic mass is 16.3. The van der Waals surface area contributed by atoms with Crippen LogP contribution in [-0.4, -0.2) is 29.6 Å². The third-order valence-electron chi connectivity index (χ3n) is 4.73. The standard InChI is InChI=1S/C21H43NO2/c1-4-5-6-7-8-9-10-11-12-13-14-15-16-17-21(24)20(3)22-18-19(2)23/h19-20,22-23H,4-18H2,1-3H3. The molecule has 0 bridgehead atoms. The first-order chi connectivity index (χ1) is 11.6. The molecule has 24 heavy (non-hydrogen) atoms. The van der Waals surface area contributed by atoms with Crippen molar-refractivity contribution in [1.82, 2.24) is 5.32 Å². The molecule has 0 spiro atoms. The fourth-order valence-electron chi connectivity index (χ4n) is 2.99. The van der Waals surface area contributed by atoms with Gasteiger partial charge in [0, 0.05) is 13.0 Å². The Labute approximate surface area is 151 Å². The molecule has 2 atom stereocenters. The van der Waals surface area contributed by atoms with Crippen molar-refractivity contribution >= 4 is 5.78 Å². The van der Waals surface area contributed by atoms with E-state index >= 15 is 0 Å². The van der Waals surface area contributed by atoms with Crippen LogP contribution in [0.2, 0.25) is 0 Å². The summed E-state index contributed by atoms with van der Waals surface area (Å²) in [6, 6.07) is -0.128. The topological polar surface area (TPSA) is 49.3 Å². The van der Waals surface area contributed by atoms with Crippen molar-refractivity contribution in [3.8, 4) is 0 Å². The summed E-state index contributed by atoms with van der Waals surface area (Å²) in [5.74, 6) is 0.277. The zero-order chi connectivity index (χ0) is 18.0. The quantitative estimate of drug-likeness (QED) is 0.328. The van der Waals surface area contributed by atoms with Gasteiger partial charge in [-0.15, -0.1) is 0 Å². The largest absolute Gasteiger partial charge is 0.392 e. The molecule has 0 aromatic heterocycles. The van der Waals surface area contributed by atoms with Crippen LogP contribution in [-0.2, 0) is 4.79 Å². The van der Waals surface area contributed by atoms with Gasteiger partial charge in [-0.3, -0.25) is 4.79 Å². The number of unbranched alkanes of at least 4 members (excludes halogenated alkanes) is 12. The summed E-state index contributed by atoms with van der Waals surface area (Å²) >= 11 is 0. The van der Waals surface area contributed by atoms with Crippen LogP contribution < -0.4 is 5.32 Å². The summed E-state index contributed by atoms with van der Waals surface area (Å²) < 4.78 is 0. The molecule has 0 amide bonds. The molecule has 2 unspecified atom stereocenters. The molecule has 0 fully saturated rings. The molecule has 0 radical (unpaired) electrons. The van der Waals surface area contributed by atoms with Gasteiger partial charge < -0.3 is 10.4 Å². The number of ketones is 1. The maximum absolute atomic E-state index is 11.9. The minimum Gasteiger partial charge on any atom is -0.392 e. The molecule has 3 nitrogen and oxygen atoms in total. The lowest BCUT2D eigenvalue weighted by molar-refractivity contribution is -0.120. The fourth-order valence-corrected chi connectivity index (χ4v) is 2.99. The highest BCUT2D eigenvalue weighted by Gasteiger charge is 2.12. The van der Waals surface area contributed by atoms with Gasteiger partial charge >= 0.3 is 0 Å². The second-order valence-electron chi connectivity index (χ2n) is 7.44. The number of aliphatic hydroxyl groups is 1. The van der Waals surface area contributed by atoms with Crippen LogP contribution in [0.1, 0.15) is 111 Å². The average Bonchev–Trinajstić information content (AvgIpc) is 2.56. The van der Waals surface area contributed by atoms with E-state index in [0.717, 1.165) is 6.42 Å². The number of carbonyl (C=O) groups excluding carboxylic acids is 1. The van der Waals surface area contributed by atoms with Crippen molar-refractivity contribution in [1.29, 1.82) is 0 Å². The lowest BCUT2D eigenvalue weighted by atomic mass is 10.0. The van der Waals surface area contributed by atoms with E-state index in [9.17, 15) is 9.90 Å². The zero-order valence-electron chi connectivity index (χ0n) is 16.6. The van der Waals surface area contributed by atoms with Crippen LogP contribution in [0.5, 0.6) is 0 Å². The molecule has 0 saturated carbocycles. The smallest absolute Gasteiger partial charge is 0.149 e. The number of hydrogen-bond acceptors (Lipinski definition) is 3. The highest BCUT2D eigenvalue weighted by Crippen LogP contribution is 2.13. The Balaban J connectivity index is 3.25. The Bertz CT molecular complexity index is 279. The predicted octanol–water partition coefficient (Wildman–Crippen LogP) is 5.40. The van der Waals surface area contributed by atoms with Crippen molar-refractivity contribution in [3.05, 3.63) is 0 Å². The number of nitrogens with one attached hydrogen (secondary N) is 1. The minimum absolute atomic E-state index is 0.128. The Morgan fingerprint density at radius 2 is 1.21 bits per heavy atom. The second-order valence-corrected chi connectivity index (χ2v) is 7.44. The molecular formula is C21H43NO2. The van der Waals surface area contributed by atoms with Gasteiger partial charge in [0.15, 0.2) is 0 Å². The fraction of sp³-hybridized carbons (Fsp3) is 0.952. The van der Waals surface area contributed by atoms with E-state index in [2.05, 4.69) is 12.2 Å². The molecule has 0 rings (SSSR count). The summed E-state index contributed by atoms with van der Waals surface area (Å²) in [7, 11) is 0. The molecule has 3 heteroatoms. The van der Waals surface area contributed by atoms with Gasteiger partial charge in [0.1, 0.15) is 5.78 Å². The summed E-state index contributed by atoms with van der Waals surface area (Å²) in [4.78, 5) is 11.9. The van der Waals surface area contributed by atoms with Gasteiger partial charge in [-0.1, -0.05) is 84.0 Å². The molecule has 0 aliphatic rings. The van der Waals surface area contributed by atoms with Crippen molar-refractivity contribution in [2.75, 3.05) is 6.54 Å². The molecule has 2 N–H and O–H groups in total. The molecular weight excluding hydrogens is 298 g/mol. The average molecular weight is 342 g/mol. The van der Waals surface area contributed by atoms with Crippen LogP contribution in [0.4, 0.5) is 0 Å². The van der Waals surface area contributed by atoms with Crippen LogP contribution in [0, 0.1) is 0 Å². The Morgan fingerprint density at radius 3 is 1.62 bits per heavy atom. The summed E-state index contributed by atoms with van der Waals surface area (Å²) in [6.07, 6.45) is 17.6. The minimum atomic E-state index is -0.392. The van der Waals surface area contributed by atoms with E-state index in [0.29, 0.717) is 13.0 Å². The second kappa shape index (κ2) is 17.4. The SMILES string of the molecule is CCCCCCCCCCCCCCCC(=O)C(C)NCC(C)O. The van der Waals surface area contributed by atoms with Gasteiger partial charge in [-0.25, -0.2) is 0 Å². The van der Waals surface area contributed by atoms with Gasteiger partial charge in [0.05, 0.1) is 12.1 Å². The van der Waals surface area contributed by atoms with E-state index in [1.54, 1.807) is 6.92 Å². The summed E-state index contributed by atoms with van der Waals surface area (Å²) in [5.41, 5.74) is 0. The van der Waals surface area contributed by atoms with Crippen LogP contribution in [0.15, 0.2) is 0 Å². The first-order valence-corrected chi connectivity index (χ1v) is 10.5. The van der Waals surface area contributed by atoms with Gasteiger partial charge in [0.25, 0.3) is 0 Å². The van der Waals surface area contributed by atoms with E-state index < -0.39 is 6.10 Å². The number of aliphatic hydroxyl groups excluding tert-OH is 1. The number of carbonyl (C=O) groups is 1. The zero-order valence-corrected chi connectivity index (χ0v) is 16.6. The summed E-state index contributed by atoms with van der Waals surface area (Å²) in [5, 5.41) is 12.3. The monoisotopic (exact) mass is 341 g/mol. The van der Waals surface area contributed by atoms with E-state index in [1.165, 1.54) is 77.0 Å². The van der Waals surface area contributed by atoms with Crippen LogP contribution in [0.25, 0.3) is 0 Å². The Kier molecular flexibility index (Phi) is 17.1. The first kappa shape index (κ1) is 23.6. The molecule has 0 aliphatic carbocycles. The van der Waals surface area contributed by atoms with Crippen molar-refractivity contribution < 1.29 is 9.90 Å². The normalized spacial score (nSPS) is 13.8. The number of Topliss-reactive ketones (excluding diaryl/α,β-unsaturated/α-hetero) is 1. The molecule has 0 aliphatic heterocycles. The molecule has 144 valence electrons. The third kappa shape index (κ3) is 16.4. The lowest BCUT2D eigenvalue weighted by Gasteiger charge is -2.13. The van der Waals surface area contributed by atoms with Crippen molar-refractivity contribution in [2.45, 2.75) is 123 Å². The predicted molar refractivity (Wildman–Crippen MR) is 104 cm³/mol. The molecule has 0 aromatic rings. The molecule has 0 heterocycles. The van der Waals surface area contributed by atoms with Gasteiger partial charge in [-0.2, -0.15) is 0 Å². The highest BCUT2D eigenvalue weighted by molar-refractivity contribution is 5.83. The van der Waals surface area contributed by atoms with Gasteiger partial charge in [0.2, 0.25) is 0 Å². The summed E-state index contributed by atoms with van der Waals surface area (Å²) in [6.45, 7) is 6.39. The van der Waals surface area contributed by atoms with Crippen LogP contribution in [0.3, 0.4) is 0 Å². The molecule has 0 saturated heterocycles. The number of hydrogen-bond donors (Lipinski definition) is 2. The maximum atomic E-state index is 11.9. The third-order valence-corrected chi connectivity index (χ3v) is 4.73. The van der Waals surface area contributed by atoms with Crippen LogP contribution >= 0.6 is 0 Å². The van der Waals surface area contributed by atoms with E-state index in [-0.39, 0.29) is 11.8 Å². The van der Waals surface area contributed by atoms with E-state index in [1.807, 2.05) is 6.92 Å². The Morgan fingerprint density at radius 1 is 0.792 bits per heavy atom. The van der Waals surface area contributed by atoms with Crippen molar-refractivity contribution in [3.63, 3.8) is 0 Å². The Hall–Kier alpha value is -0.410. The van der Waals surface area contributed by atoms with Gasteiger partial charge in [-0.05, 0) is 20.3 Å². The number of rotatable bonds is 18. The van der Waals surface area contributed by atoms with E-state index in [4.69, 9.17) is 0 Å². The van der Waals surface area contributed by atoms with Crippen molar-refractivity contribution in [2.24, 2.45) is 0 Å². The molecule has 0 aromatic carbocycles.